The van der Waals surface area contributed by atoms with Crippen LogP contribution in [0, 0.1) is 16.7 Å². The molecule has 5 heteroatoms. The lowest BCUT2D eigenvalue weighted by Crippen LogP contribution is -2.43. The van der Waals surface area contributed by atoms with E-state index in [1.807, 2.05) is 6.08 Å². The van der Waals surface area contributed by atoms with E-state index < -0.39 is 10.0 Å². The van der Waals surface area contributed by atoms with Crippen LogP contribution in [-0.4, -0.2) is 30.4 Å². The zero-order valence-corrected chi connectivity index (χ0v) is 14.7. The molecule has 0 N–H and O–H groups in total. The first-order valence-electron chi connectivity index (χ1n) is 8.71. The molecule has 23 heavy (non-hydrogen) atoms. The predicted octanol–water partition coefficient (Wildman–Crippen LogP) is 3.02. The molecule has 4 aliphatic rings. The summed E-state index contributed by atoms with van der Waals surface area (Å²) in [5.41, 5.74) is 0.933. The SMILES string of the molecule is CC1(C)[C@@H]2CC[C@]13CS(=O)(=O)N(C(=O)/C=C/C1=CCCC1)[C@@H]3C2. The highest BCUT2D eigenvalue weighted by atomic mass is 32.2. The van der Waals surface area contributed by atoms with Gasteiger partial charge in [-0.05, 0) is 49.9 Å². The molecule has 1 heterocycles. The number of hydrogen-bond donors (Lipinski definition) is 0. The second kappa shape index (κ2) is 4.71. The third-order valence-corrected chi connectivity index (χ3v) is 9.06. The summed E-state index contributed by atoms with van der Waals surface area (Å²) in [5.74, 6) is 0.346. The quantitative estimate of drug-likeness (QED) is 0.729. The van der Waals surface area contributed by atoms with Crippen LogP contribution < -0.4 is 0 Å². The molecule has 4 nitrogen and oxygen atoms in total. The van der Waals surface area contributed by atoms with E-state index in [-0.39, 0.29) is 28.5 Å². The topological polar surface area (TPSA) is 54.5 Å². The Hall–Kier alpha value is -1.10. The van der Waals surface area contributed by atoms with Crippen LogP contribution in [0.3, 0.4) is 0 Å². The van der Waals surface area contributed by atoms with Gasteiger partial charge in [-0.25, -0.2) is 12.7 Å². The Balaban J connectivity index is 1.65. The highest BCUT2D eigenvalue weighted by Crippen LogP contribution is 2.69. The van der Waals surface area contributed by atoms with E-state index in [2.05, 4.69) is 19.9 Å². The normalized spacial score (nSPS) is 39.9. The standard InChI is InChI=1S/C18H25NO3S/c1-17(2)14-9-10-18(17)12-23(21,22)19(15(18)11-14)16(20)8-7-13-5-3-4-6-13/h5,7-8,14-15H,3-4,6,9-12H2,1-2H3/b8-7+/t14-,15-,18-/m1/s1. The molecule has 1 spiro atoms. The van der Waals surface area contributed by atoms with Crippen molar-refractivity contribution in [3.05, 3.63) is 23.8 Å². The lowest BCUT2D eigenvalue weighted by atomic mass is 9.69. The van der Waals surface area contributed by atoms with Gasteiger partial charge in [-0.3, -0.25) is 4.79 Å². The summed E-state index contributed by atoms with van der Waals surface area (Å²) in [6, 6.07) is -0.129. The van der Waals surface area contributed by atoms with Crippen molar-refractivity contribution in [3.8, 4) is 0 Å². The van der Waals surface area contributed by atoms with Gasteiger partial charge in [-0.15, -0.1) is 0 Å². The third-order valence-electron chi connectivity index (χ3n) is 7.14. The molecule has 1 aliphatic heterocycles. The second-order valence-corrected chi connectivity index (χ2v) is 10.1. The molecule has 0 radical (unpaired) electrons. The van der Waals surface area contributed by atoms with Crippen LogP contribution in [0.5, 0.6) is 0 Å². The molecule has 3 fully saturated rings. The first-order valence-corrected chi connectivity index (χ1v) is 10.3. The number of hydrogen-bond acceptors (Lipinski definition) is 3. The van der Waals surface area contributed by atoms with Gasteiger partial charge in [-0.2, -0.15) is 0 Å². The van der Waals surface area contributed by atoms with E-state index in [1.165, 1.54) is 10.4 Å². The van der Waals surface area contributed by atoms with Gasteiger partial charge in [0.15, 0.2) is 0 Å². The number of nitrogens with zero attached hydrogens (tertiary/aromatic N) is 1. The fraction of sp³-hybridized carbons (Fsp3) is 0.722. The van der Waals surface area contributed by atoms with E-state index in [4.69, 9.17) is 0 Å². The zero-order valence-electron chi connectivity index (χ0n) is 13.9. The number of carbonyl (C=O) groups is 1. The number of allylic oxidation sites excluding steroid dienone is 3. The molecule has 2 saturated carbocycles. The molecule has 1 amide bonds. The molecule has 0 aromatic rings. The van der Waals surface area contributed by atoms with Crippen molar-refractivity contribution in [2.24, 2.45) is 16.7 Å². The van der Waals surface area contributed by atoms with E-state index >= 15 is 0 Å². The minimum absolute atomic E-state index is 0.0114. The number of amides is 1. The predicted molar refractivity (Wildman–Crippen MR) is 89.0 cm³/mol. The molecule has 0 aromatic heterocycles. The lowest BCUT2D eigenvalue weighted by molar-refractivity contribution is -0.124. The van der Waals surface area contributed by atoms with Crippen molar-refractivity contribution in [1.29, 1.82) is 0 Å². The minimum atomic E-state index is -3.49. The van der Waals surface area contributed by atoms with Crippen molar-refractivity contribution in [1.82, 2.24) is 4.31 Å². The molecule has 3 aliphatic carbocycles. The molecule has 126 valence electrons. The van der Waals surface area contributed by atoms with Crippen LogP contribution in [-0.2, 0) is 14.8 Å². The van der Waals surface area contributed by atoms with Crippen LogP contribution in [0.2, 0.25) is 0 Å². The van der Waals surface area contributed by atoms with Crippen LogP contribution in [0.25, 0.3) is 0 Å². The minimum Gasteiger partial charge on any atom is -0.269 e. The van der Waals surface area contributed by atoms with Crippen LogP contribution in [0.15, 0.2) is 23.8 Å². The van der Waals surface area contributed by atoms with E-state index in [0.717, 1.165) is 44.1 Å². The van der Waals surface area contributed by atoms with Crippen LogP contribution >= 0.6 is 0 Å². The molecule has 3 atom stereocenters. The Labute approximate surface area is 138 Å². The van der Waals surface area contributed by atoms with Gasteiger partial charge < -0.3 is 0 Å². The van der Waals surface area contributed by atoms with Gasteiger partial charge in [0.05, 0.1) is 11.8 Å². The summed E-state index contributed by atoms with van der Waals surface area (Å²) in [6.45, 7) is 4.40. The van der Waals surface area contributed by atoms with Gasteiger partial charge in [0.1, 0.15) is 0 Å². The first-order chi connectivity index (χ1) is 10.8. The van der Waals surface area contributed by atoms with E-state index in [0.29, 0.717) is 5.92 Å². The molecular weight excluding hydrogens is 310 g/mol. The van der Waals surface area contributed by atoms with Crippen LogP contribution in [0.1, 0.15) is 52.4 Å². The summed E-state index contributed by atoms with van der Waals surface area (Å²) in [4.78, 5) is 12.7. The maximum Gasteiger partial charge on any atom is 0.260 e. The maximum absolute atomic E-state index is 12.7. The van der Waals surface area contributed by atoms with E-state index in [9.17, 15) is 13.2 Å². The van der Waals surface area contributed by atoms with Crippen LogP contribution in [0.4, 0.5) is 0 Å². The average Bonchev–Trinajstić information content (AvgIpc) is 3.15. The molecular formula is C18H25NO3S. The smallest absolute Gasteiger partial charge is 0.260 e. The number of fused-ring (bicyclic) bond motifs is 1. The van der Waals surface area contributed by atoms with Crippen molar-refractivity contribution in [2.75, 3.05) is 5.75 Å². The Morgan fingerprint density at radius 1 is 1.39 bits per heavy atom. The molecule has 4 rings (SSSR count). The summed E-state index contributed by atoms with van der Waals surface area (Å²) >= 11 is 0. The summed E-state index contributed by atoms with van der Waals surface area (Å²) in [7, 11) is -3.49. The van der Waals surface area contributed by atoms with Gasteiger partial charge >= 0.3 is 0 Å². The Kier molecular flexibility index (Phi) is 3.16. The zero-order chi connectivity index (χ0) is 16.5. The summed E-state index contributed by atoms with van der Waals surface area (Å²) < 4.78 is 26.7. The first kappa shape index (κ1) is 15.4. The second-order valence-electron chi connectivity index (χ2n) is 8.26. The molecule has 1 saturated heterocycles. The molecule has 2 bridgehead atoms. The third kappa shape index (κ3) is 1.95. The van der Waals surface area contributed by atoms with Gasteiger partial charge in [0.25, 0.3) is 5.91 Å². The average molecular weight is 335 g/mol. The largest absolute Gasteiger partial charge is 0.269 e. The lowest BCUT2D eigenvalue weighted by Gasteiger charge is -2.36. The highest BCUT2D eigenvalue weighted by molar-refractivity contribution is 7.90. The van der Waals surface area contributed by atoms with Crippen molar-refractivity contribution < 1.29 is 13.2 Å². The summed E-state index contributed by atoms with van der Waals surface area (Å²) in [6.07, 6.45) is 11.5. The van der Waals surface area contributed by atoms with E-state index in [1.54, 1.807) is 0 Å². The Bertz CT molecular complexity index is 719. The molecule has 0 aromatic carbocycles. The number of sulfonamides is 1. The monoisotopic (exact) mass is 335 g/mol. The highest BCUT2D eigenvalue weighted by Gasteiger charge is 2.72. The van der Waals surface area contributed by atoms with Gasteiger partial charge in [0, 0.05) is 11.5 Å². The Morgan fingerprint density at radius 3 is 2.83 bits per heavy atom. The van der Waals surface area contributed by atoms with Crippen molar-refractivity contribution in [3.63, 3.8) is 0 Å². The fourth-order valence-electron chi connectivity index (χ4n) is 5.68. The maximum atomic E-state index is 12.7. The van der Waals surface area contributed by atoms with Crippen molar-refractivity contribution >= 4 is 15.9 Å². The van der Waals surface area contributed by atoms with Gasteiger partial charge in [-0.1, -0.05) is 31.6 Å². The summed E-state index contributed by atoms with van der Waals surface area (Å²) in [5, 5.41) is 0. The van der Waals surface area contributed by atoms with Gasteiger partial charge in [0.2, 0.25) is 10.0 Å². The fourth-order valence-corrected chi connectivity index (χ4v) is 8.19. The Morgan fingerprint density at radius 2 is 2.17 bits per heavy atom. The molecule has 0 unspecified atom stereocenters. The van der Waals surface area contributed by atoms with Crippen molar-refractivity contribution in [2.45, 2.75) is 58.4 Å². The number of carbonyl (C=O) groups excluding carboxylic acids is 1. The number of rotatable bonds is 2.